The molecular weight excluding hydrogens is 279 g/mol. The van der Waals surface area contributed by atoms with Gasteiger partial charge in [-0.05, 0) is 11.6 Å². The quantitative estimate of drug-likeness (QED) is 0.629. The summed E-state index contributed by atoms with van der Waals surface area (Å²) >= 11 is 8.73. The molecule has 0 unspecified atom stereocenters. The average molecular weight is 284 g/mol. The van der Waals surface area contributed by atoms with Gasteiger partial charge in [0.05, 0.1) is 5.02 Å². The van der Waals surface area contributed by atoms with Crippen molar-refractivity contribution in [2.45, 2.75) is 11.8 Å². The highest BCUT2D eigenvalue weighted by molar-refractivity contribution is 9.08. The number of carbonyl (C=O) groups excluding carboxylic acids is 1. The fourth-order valence-electron chi connectivity index (χ4n) is 0.929. The van der Waals surface area contributed by atoms with Gasteiger partial charge in [0.1, 0.15) is 11.4 Å². The van der Waals surface area contributed by atoms with Gasteiger partial charge in [-0.25, -0.2) is 13.8 Å². The van der Waals surface area contributed by atoms with E-state index in [0.29, 0.717) is 17.2 Å². The van der Waals surface area contributed by atoms with Gasteiger partial charge in [0.25, 0.3) is 6.43 Å². The number of aromatic nitrogens is 1. The third-order valence-corrected chi connectivity index (χ3v) is 2.59. The third kappa shape index (κ3) is 2.27. The largest absolute Gasteiger partial charge is 0.296 e. The molecule has 1 aromatic heterocycles. The lowest BCUT2D eigenvalue weighted by Gasteiger charge is -2.06. The average Bonchev–Trinajstić information content (AvgIpc) is 2.17. The predicted octanol–water partition coefficient (Wildman–Crippen LogP) is 3.38. The second kappa shape index (κ2) is 4.79. The summed E-state index contributed by atoms with van der Waals surface area (Å²) in [5, 5.41) is 0.206. The van der Waals surface area contributed by atoms with Crippen LogP contribution in [0.3, 0.4) is 0 Å². The zero-order valence-electron chi connectivity index (χ0n) is 6.81. The molecule has 1 aromatic rings. The molecule has 0 N–H and O–H groups in total. The first-order valence-electron chi connectivity index (χ1n) is 3.58. The van der Waals surface area contributed by atoms with Crippen LogP contribution < -0.4 is 0 Å². The van der Waals surface area contributed by atoms with Crippen molar-refractivity contribution < 1.29 is 13.6 Å². The molecule has 0 bridgehead atoms. The van der Waals surface area contributed by atoms with Crippen molar-refractivity contribution in [3.05, 3.63) is 28.0 Å². The molecular formula is C8H5BrClF2NO. The van der Waals surface area contributed by atoms with Crippen LogP contribution in [0.25, 0.3) is 0 Å². The van der Waals surface area contributed by atoms with Crippen molar-refractivity contribution in [3.63, 3.8) is 0 Å². The van der Waals surface area contributed by atoms with Crippen LogP contribution >= 0.6 is 27.5 Å². The Labute approximate surface area is 92.4 Å². The molecule has 0 atom stereocenters. The zero-order valence-corrected chi connectivity index (χ0v) is 9.15. The van der Waals surface area contributed by atoms with Crippen LogP contribution in [-0.4, -0.2) is 11.3 Å². The van der Waals surface area contributed by atoms with E-state index >= 15 is 0 Å². The van der Waals surface area contributed by atoms with Crippen LogP contribution in [0.15, 0.2) is 6.07 Å². The number of pyridine rings is 1. The standard InChI is InChI=1S/C8H5BrClF2NO/c9-2-4-1-5(3-14)13-7(6(4)10)8(11)12/h1,3,8H,2H2. The van der Waals surface area contributed by atoms with Crippen molar-refractivity contribution in [2.75, 3.05) is 0 Å². The van der Waals surface area contributed by atoms with Gasteiger partial charge >= 0.3 is 0 Å². The smallest absolute Gasteiger partial charge is 0.281 e. The summed E-state index contributed by atoms with van der Waals surface area (Å²) < 4.78 is 24.8. The Balaban J connectivity index is 3.34. The monoisotopic (exact) mass is 283 g/mol. The van der Waals surface area contributed by atoms with Gasteiger partial charge in [-0.2, -0.15) is 0 Å². The molecule has 0 saturated heterocycles. The second-order valence-electron chi connectivity index (χ2n) is 2.46. The molecule has 1 rings (SSSR count). The topological polar surface area (TPSA) is 30.0 Å². The predicted molar refractivity (Wildman–Crippen MR) is 52.2 cm³/mol. The molecule has 2 nitrogen and oxygen atoms in total. The second-order valence-corrected chi connectivity index (χ2v) is 3.40. The first kappa shape index (κ1) is 11.5. The van der Waals surface area contributed by atoms with Crippen molar-refractivity contribution in [1.29, 1.82) is 0 Å². The Hall–Kier alpha value is -0.550. The molecule has 0 amide bonds. The van der Waals surface area contributed by atoms with Gasteiger partial charge in [0.15, 0.2) is 6.29 Å². The maximum absolute atomic E-state index is 12.4. The van der Waals surface area contributed by atoms with Crippen LogP contribution in [0.2, 0.25) is 5.02 Å². The summed E-state index contributed by atoms with van der Waals surface area (Å²) in [7, 11) is 0. The summed E-state index contributed by atoms with van der Waals surface area (Å²) in [6.07, 6.45) is -2.37. The molecule has 1 heterocycles. The van der Waals surface area contributed by atoms with Crippen LogP contribution in [0, 0.1) is 0 Å². The number of carbonyl (C=O) groups is 1. The normalized spacial score (nSPS) is 10.6. The molecule has 0 aromatic carbocycles. The van der Waals surface area contributed by atoms with E-state index in [4.69, 9.17) is 11.6 Å². The van der Waals surface area contributed by atoms with Crippen LogP contribution in [0.4, 0.5) is 8.78 Å². The Bertz CT molecular complexity index is 359. The van der Waals surface area contributed by atoms with E-state index in [9.17, 15) is 13.6 Å². The Morgan fingerprint density at radius 1 is 1.64 bits per heavy atom. The maximum atomic E-state index is 12.4. The lowest BCUT2D eigenvalue weighted by Crippen LogP contribution is -1.99. The minimum Gasteiger partial charge on any atom is -0.296 e. The highest BCUT2D eigenvalue weighted by Gasteiger charge is 2.17. The molecule has 14 heavy (non-hydrogen) atoms. The summed E-state index contributed by atoms with van der Waals surface area (Å²) in [5.74, 6) is 0. The SMILES string of the molecule is O=Cc1cc(CBr)c(Cl)c(C(F)F)n1. The first-order valence-corrected chi connectivity index (χ1v) is 5.08. The number of aldehydes is 1. The van der Waals surface area contributed by atoms with Gasteiger partial charge < -0.3 is 0 Å². The van der Waals surface area contributed by atoms with Gasteiger partial charge in [-0.3, -0.25) is 4.79 Å². The van der Waals surface area contributed by atoms with E-state index in [1.807, 2.05) is 0 Å². The fourth-order valence-corrected chi connectivity index (χ4v) is 1.78. The van der Waals surface area contributed by atoms with Crippen LogP contribution in [-0.2, 0) is 5.33 Å². The van der Waals surface area contributed by atoms with Crippen LogP contribution in [0.1, 0.15) is 28.2 Å². The highest BCUT2D eigenvalue weighted by atomic mass is 79.9. The van der Waals surface area contributed by atoms with Gasteiger partial charge in [0, 0.05) is 5.33 Å². The van der Waals surface area contributed by atoms with Crippen LogP contribution in [0.5, 0.6) is 0 Å². The molecule has 0 radical (unpaired) electrons. The summed E-state index contributed by atoms with van der Waals surface area (Å²) in [4.78, 5) is 13.8. The van der Waals surface area contributed by atoms with Crippen molar-refractivity contribution in [2.24, 2.45) is 0 Å². The molecule has 6 heteroatoms. The molecule has 0 spiro atoms. The minimum absolute atomic E-state index is 0.0425. The molecule has 0 aliphatic rings. The maximum Gasteiger partial charge on any atom is 0.281 e. The molecule has 76 valence electrons. The number of rotatable bonds is 3. The fraction of sp³-hybridized carbons (Fsp3) is 0.250. The molecule has 0 fully saturated rings. The van der Waals surface area contributed by atoms with E-state index in [1.54, 1.807) is 0 Å². The van der Waals surface area contributed by atoms with Gasteiger partial charge in [-0.15, -0.1) is 0 Å². The third-order valence-electron chi connectivity index (χ3n) is 1.55. The van der Waals surface area contributed by atoms with Gasteiger partial charge in [0.2, 0.25) is 0 Å². The number of hydrogen-bond donors (Lipinski definition) is 0. The Morgan fingerprint density at radius 3 is 2.71 bits per heavy atom. The minimum atomic E-state index is -2.78. The number of nitrogens with zero attached hydrogens (tertiary/aromatic N) is 1. The zero-order chi connectivity index (χ0) is 10.7. The summed E-state index contributed by atoms with van der Waals surface area (Å²) in [6.45, 7) is 0. The van der Waals surface area contributed by atoms with Crippen molar-refractivity contribution >= 4 is 33.8 Å². The number of halogens is 4. The Morgan fingerprint density at radius 2 is 2.29 bits per heavy atom. The van der Waals surface area contributed by atoms with E-state index in [-0.39, 0.29) is 10.7 Å². The lowest BCUT2D eigenvalue weighted by atomic mass is 10.2. The van der Waals surface area contributed by atoms with E-state index < -0.39 is 12.1 Å². The number of alkyl halides is 3. The van der Waals surface area contributed by atoms with E-state index in [1.165, 1.54) is 6.07 Å². The molecule has 0 aliphatic heterocycles. The van der Waals surface area contributed by atoms with E-state index in [2.05, 4.69) is 20.9 Å². The van der Waals surface area contributed by atoms with E-state index in [0.717, 1.165) is 0 Å². The highest BCUT2D eigenvalue weighted by Crippen LogP contribution is 2.29. The molecule has 0 saturated carbocycles. The number of hydrogen-bond acceptors (Lipinski definition) is 2. The molecule has 0 aliphatic carbocycles. The van der Waals surface area contributed by atoms with Crippen molar-refractivity contribution in [3.8, 4) is 0 Å². The first-order chi connectivity index (χ1) is 6.60. The van der Waals surface area contributed by atoms with Crippen molar-refractivity contribution in [1.82, 2.24) is 4.98 Å². The Kier molecular flexibility index (Phi) is 3.95. The lowest BCUT2D eigenvalue weighted by molar-refractivity contribution is 0.111. The van der Waals surface area contributed by atoms with Gasteiger partial charge in [-0.1, -0.05) is 27.5 Å². The summed E-state index contributed by atoms with van der Waals surface area (Å²) in [6, 6.07) is 1.37. The summed E-state index contributed by atoms with van der Waals surface area (Å²) in [5.41, 5.74) is -0.163.